The highest BCUT2D eigenvalue weighted by Crippen LogP contribution is 2.30. The van der Waals surface area contributed by atoms with Crippen molar-refractivity contribution in [2.45, 2.75) is 25.3 Å². The van der Waals surface area contributed by atoms with Gasteiger partial charge in [0.2, 0.25) is 0 Å². The second-order valence-electron chi connectivity index (χ2n) is 4.36. The number of aryl methyl sites for hydroxylation is 1. The van der Waals surface area contributed by atoms with Gasteiger partial charge in [-0.2, -0.15) is 0 Å². The van der Waals surface area contributed by atoms with Crippen LogP contribution in [0.4, 0.5) is 0 Å². The molecule has 1 aliphatic carbocycles. The molecule has 0 fully saturated rings. The van der Waals surface area contributed by atoms with Gasteiger partial charge in [-0.25, -0.2) is 0 Å². The SMILES string of the molecule is O=C(NC1CCCc2occc21)c1csc(I)c1. The average Bonchev–Trinajstić information content (AvgIpc) is 2.97. The fourth-order valence-corrected chi connectivity index (χ4v) is 3.63. The van der Waals surface area contributed by atoms with Crippen LogP contribution in [0.1, 0.15) is 40.6 Å². The van der Waals surface area contributed by atoms with Gasteiger partial charge in [-0.05, 0) is 47.6 Å². The Morgan fingerprint density at radius 1 is 1.56 bits per heavy atom. The van der Waals surface area contributed by atoms with Crippen molar-refractivity contribution in [1.29, 1.82) is 0 Å². The van der Waals surface area contributed by atoms with Crippen LogP contribution in [0.25, 0.3) is 0 Å². The quantitative estimate of drug-likeness (QED) is 0.815. The highest BCUT2D eigenvalue weighted by molar-refractivity contribution is 14.1. The third-order valence-electron chi connectivity index (χ3n) is 3.19. The van der Waals surface area contributed by atoms with Gasteiger partial charge in [-0.3, -0.25) is 4.79 Å². The Morgan fingerprint density at radius 2 is 2.44 bits per heavy atom. The highest BCUT2D eigenvalue weighted by atomic mass is 127. The summed E-state index contributed by atoms with van der Waals surface area (Å²) in [6, 6.07) is 3.98. The van der Waals surface area contributed by atoms with Crippen LogP contribution in [-0.2, 0) is 6.42 Å². The molecule has 0 aromatic carbocycles. The van der Waals surface area contributed by atoms with Crippen LogP contribution in [0.15, 0.2) is 28.2 Å². The van der Waals surface area contributed by atoms with Crippen molar-refractivity contribution in [1.82, 2.24) is 5.32 Å². The summed E-state index contributed by atoms with van der Waals surface area (Å²) >= 11 is 3.82. The molecule has 3 rings (SSSR count). The Balaban J connectivity index is 1.77. The van der Waals surface area contributed by atoms with E-state index in [1.807, 2.05) is 17.5 Å². The Morgan fingerprint density at radius 3 is 3.22 bits per heavy atom. The molecule has 1 amide bonds. The summed E-state index contributed by atoms with van der Waals surface area (Å²) in [6.07, 6.45) is 4.74. The van der Waals surface area contributed by atoms with Crippen molar-refractivity contribution < 1.29 is 9.21 Å². The first-order valence-electron chi connectivity index (χ1n) is 5.85. The first-order chi connectivity index (χ1) is 8.74. The summed E-state index contributed by atoms with van der Waals surface area (Å²) in [6.45, 7) is 0. The smallest absolute Gasteiger partial charge is 0.252 e. The van der Waals surface area contributed by atoms with Gasteiger partial charge in [0.05, 0.1) is 20.8 Å². The van der Waals surface area contributed by atoms with Crippen molar-refractivity contribution in [2.24, 2.45) is 0 Å². The maximum atomic E-state index is 12.1. The summed E-state index contributed by atoms with van der Waals surface area (Å²) in [5.74, 6) is 1.03. The summed E-state index contributed by atoms with van der Waals surface area (Å²) < 4.78 is 6.56. The normalized spacial score (nSPS) is 18.4. The Labute approximate surface area is 123 Å². The first kappa shape index (κ1) is 12.2. The minimum atomic E-state index is 0.00761. The number of halogens is 1. The molecule has 0 aliphatic heterocycles. The van der Waals surface area contributed by atoms with Gasteiger partial charge in [-0.1, -0.05) is 0 Å². The lowest BCUT2D eigenvalue weighted by molar-refractivity contribution is 0.0932. The molecule has 2 aromatic heterocycles. The van der Waals surface area contributed by atoms with Crippen molar-refractivity contribution in [2.75, 3.05) is 0 Å². The molecule has 1 N–H and O–H groups in total. The number of rotatable bonds is 2. The van der Waals surface area contributed by atoms with Crippen LogP contribution in [0.3, 0.4) is 0 Å². The van der Waals surface area contributed by atoms with Crippen LogP contribution in [-0.4, -0.2) is 5.91 Å². The van der Waals surface area contributed by atoms with Gasteiger partial charge in [0.25, 0.3) is 5.91 Å². The maximum Gasteiger partial charge on any atom is 0.252 e. The number of nitrogens with one attached hydrogen (secondary N) is 1. The molecule has 94 valence electrons. The van der Waals surface area contributed by atoms with E-state index in [2.05, 4.69) is 27.9 Å². The summed E-state index contributed by atoms with van der Waals surface area (Å²) in [5.41, 5.74) is 1.89. The molecular weight excluding hydrogens is 361 g/mol. The van der Waals surface area contributed by atoms with Gasteiger partial charge in [0.1, 0.15) is 5.76 Å². The van der Waals surface area contributed by atoms with Crippen LogP contribution >= 0.6 is 33.9 Å². The molecule has 1 atom stereocenters. The van der Waals surface area contributed by atoms with E-state index in [0.29, 0.717) is 0 Å². The van der Waals surface area contributed by atoms with E-state index in [1.54, 1.807) is 17.6 Å². The number of thiophene rings is 1. The molecule has 2 heterocycles. The number of amides is 1. The molecule has 1 aliphatic rings. The molecular formula is C13H12INO2S. The second kappa shape index (κ2) is 5.05. The van der Waals surface area contributed by atoms with Crippen LogP contribution < -0.4 is 5.32 Å². The number of hydrogen-bond donors (Lipinski definition) is 1. The van der Waals surface area contributed by atoms with Crippen LogP contribution in [0.5, 0.6) is 0 Å². The molecule has 0 saturated carbocycles. The Bertz CT molecular complexity index is 575. The fourth-order valence-electron chi connectivity index (χ4n) is 2.31. The molecule has 0 spiro atoms. The predicted octanol–water partition coefficient (Wildman–Crippen LogP) is 3.75. The number of furan rings is 1. The number of hydrogen-bond acceptors (Lipinski definition) is 3. The average molecular weight is 373 g/mol. The molecule has 1 unspecified atom stereocenters. The zero-order chi connectivity index (χ0) is 12.5. The molecule has 2 aromatic rings. The van der Waals surface area contributed by atoms with Gasteiger partial charge < -0.3 is 9.73 Å². The van der Waals surface area contributed by atoms with E-state index in [1.165, 1.54) is 0 Å². The Hall–Kier alpha value is -0.820. The van der Waals surface area contributed by atoms with E-state index < -0.39 is 0 Å². The second-order valence-corrected chi connectivity index (χ2v) is 7.16. The zero-order valence-electron chi connectivity index (χ0n) is 9.61. The van der Waals surface area contributed by atoms with E-state index in [4.69, 9.17) is 4.42 Å². The first-order valence-corrected chi connectivity index (χ1v) is 7.81. The van der Waals surface area contributed by atoms with Gasteiger partial charge >= 0.3 is 0 Å². The molecule has 18 heavy (non-hydrogen) atoms. The standard InChI is InChI=1S/C13H12INO2S/c14-12-6-8(7-18-12)13(16)15-10-2-1-3-11-9(10)4-5-17-11/h4-7,10H,1-3H2,(H,15,16). The molecule has 0 radical (unpaired) electrons. The van der Waals surface area contributed by atoms with Crippen LogP contribution in [0, 0.1) is 2.88 Å². The molecule has 0 bridgehead atoms. The third kappa shape index (κ3) is 2.33. The fraction of sp³-hybridized carbons (Fsp3) is 0.308. The highest BCUT2D eigenvalue weighted by Gasteiger charge is 2.24. The summed E-state index contributed by atoms with van der Waals surface area (Å²) in [7, 11) is 0. The summed E-state index contributed by atoms with van der Waals surface area (Å²) in [4.78, 5) is 12.1. The van der Waals surface area contributed by atoms with E-state index in [-0.39, 0.29) is 11.9 Å². The van der Waals surface area contributed by atoms with Gasteiger partial charge in [0.15, 0.2) is 0 Å². The maximum absolute atomic E-state index is 12.1. The lowest BCUT2D eigenvalue weighted by Gasteiger charge is -2.22. The van der Waals surface area contributed by atoms with Crippen molar-refractivity contribution >= 4 is 39.8 Å². The van der Waals surface area contributed by atoms with E-state index in [9.17, 15) is 4.79 Å². The number of carbonyl (C=O) groups excluding carboxylic acids is 1. The van der Waals surface area contributed by atoms with Crippen LogP contribution in [0.2, 0.25) is 0 Å². The lowest BCUT2D eigenvalue weighted by atomic mass is 9.93. The van der Waals surface area contributed by atoms with Crippen molar-refractivity contribution in [3.8, 4) is 0 Å². The summed E-state index contributed by atoms with van der Waals surface area (Å²) in [5, 5.41) is 4.99. The minimum Gasteiger partial charge on any atom is -0.469 e. The van der Waals surface area contributed by atoms with Crippen molar-refractivity contribution in [3.63, 3.8) is 0 Å². The monoisotopic (exact) mass is 373 g/mol. The zero-order valence-corrected chi connectivity index (χ0v) is 12.6. The number of fused-ring (bicyclic) bond motifs is 1. The molecule has 3 nitrogen and oxygen atoms in total. The molecule has 5 heteroatoms. The number of carbonyl (C=O) groups is 1. The van der Waals surface area contributed by atoms with E-state index >= 15 is 0 Å². The largest absolute Gasteiger partial charge is 0.469 e. The minimum absolute atomic E-state index is 0.00761. The van der Waals surface area contributed by atoms with Gasteiger partial charge in [0, 0.05) is 17.4 Å². The lowest BCUT2D eigenvalue weighted by Crippen LogP contribution is -2.30. The third-order valence-corrected chi connectivity index (χ3v) is 4.98. The van der Waals surface area contributed by atoms with Gasteiger partial charge in [-0.15, -0.1) is 11.3 Å². The topological polar surface area (TPSA) is 42.2 Å². The molecule has 0 saturated heterocycles. The van der Waals surface area contributed by atoms with Crippen molar-refractivity contribution in [3.05, 3.63) is 43.5 Å². The van der Waals surface area contributed by atoms with E-state index in [0.717, 1.165) is 39.0 Å². The predicted molar refractivity (Wildman–Crippen MR) is 78.9 cm³/mol. The Kier molecular flexibility index (Phi) is 3.43.